The van der Waals surface area contributed by atoms with Crippen LogP contribution >= 0.6 is 0 Å². The van der Waals surface area contributed by atoms with Crippen molar-refractivity contribution >= 4 is 5.91 Å². The van der Waals surface area contributed by atoms with Crippen LogP contribution in [-0.4, -0.2) is 76.1 Å². The molecule has 1 aromatic heterocycles. The molecule has 1 aromatic carbocycles. The van der Waals surface area contributed by atoms with Gasteiger partial charge in [-0.25, -0.2) is 4.68 Å². The van der Waals surface area contributed by atoms with E-state index in [-0.39, 0.29) is 18.0 Å². The maximum atomic E-state index is 13.0. The second kappa shape index (κ2) is 9.58. The predicted molar refractivity (Wildman–Crippen MR) is 111 cm³/mol. The molecule has 0 N–H and O–H groups in total. The van der Waals surface area contributed by atoms with Crippen molar-refractivity contribution in [2.75, 3.05) is 39.4 Å². The number of nitrogens with zero attached hydrogens (tertiary/aromatic N) is 5. The largest absolute Gasteiger partial charge is 0.416 e. The van der Waals surface area contributed by atoms with E-state index in [0.717, 1.165) is 32.0 Å². The third-order valence-electron chi connectivity index (χ3n) is 6.31. The topological polar surface area (TPSA) is 63.5 Å². The molecular formula is C22H28F3N5O2. The molecule has 1 atom stereocenters. The molecule has 32 heavy (non-hydrogen) atoms. The average Bonchev–Trinajstić information content (AvgIpc) is 3.29. The fourth-order valence-corrected chi connectivity index (χ4v) is 4.42. The fourth-order valence-electron chi connectivity index (χ4n) is 4.42. The summed E-state index contributed by atoms with van der Waals surface area (Å²) in [4.78, 5) is 16.6. The van der Waals surface area contributed by atoms with Gasteiger partial charge in [0.25, 0.3) is 5.91 Å². The lowest BCUT2D eigenvalue weighted by Crippen LogP contribution is -2.41. The van der Waals surface area contributed by atoms with Crippen LogP contribution in [0.4, 0.5) is 13.2 Å². The fraction of sp³-hybridized carbons (Fsp3) is 0.591. The third kappa shape index (κ3) is 5.29. The van der Waals surface area contributed by atoms with Crippen LogP contribution in [0.15, 0.2) is 30.5 Å². The minimum absolute atomic E-state index is 0.119. The maximum absolute atomic E-state index is 13.0. The number of amides is 1. The van der Waals surface area contributed by atoms with Crippen LogP contribution in [0.2, 0.25) is 0 Å². The molecule has 0 spiro atoms. The number of hydrogen-bond donors (Lipinski definition) is 0. The van der Waals surface area contributed by atoms with Gasteiger partial charge in [-0.1, -0.05) is 23.4 Å². The van der Waals surface area contributed by atoms with E-state index in [1.54, 1.807) is 21.8 Å². The standard InChI is InChI=1S/C22H28F3N5O2/c1-16(13-17-3-2-4-18(14-17)22(23,24)25)28-7-5-19(6-8-28)30-15-20(26-27-30)21(31)29-9-11-32-12-10-29/h2-4,14-16,19H,5-13H2,1H3. The second-order valence-corrected chi connectivity index (χ2v) is 8.51. The summed E-state index contributed by atoms with van der Waals surface area (Å²) in [6, 6.07) is 5.86. The minimum atomic E-state index is -4.32. The zero-order valence-electron chi connectivity index (χ0n) is 18.1. The van der Waals surface area contributed by atoms with Gasteiger partial charge in [0.2, 0.25) is 0 Å². The van der Waals surface area contributed by atoms with Crippen molar-refractivity contribution in [2.24, 2.45) is 0 Å². The Morgan fingerprint density at radius 2 is 1.91 bits per heavy atom. The molecule has 0 bridgehead atoms. The third-order valence-corrected chi connectivity index (χ3v) is 6.31. The molecular weight excluding hydrogens is 423 g/mol. The second-order valence-electron chi connectivity index (χ2n) is 8.51. The molecule has 2 aliphatic heterocycles. The number of hydrogen-bond acceptors (Lipinski definition) is 5. The van der Waals surface area contributed by atoms with Gasteiger partial charge in [0, 0.05) is 32.2 Å². The normalized spacial score (nSPS) is 19.8. The summed E-state index contributed by atoms with van der Waals surface area (Å²) >= 11 is 0. The smallest absolute Gasteiger partial charge is 0.378 e. The molecule has 7 nitrogen and oxygen atoms in total. The SMILES string of the molecule is CC(Cc1cccc(C(F)(F)F)c1)N1CCC(n2cc(C(=O)N3CCOCC3)nn2)CC1. The van der Waals surface area contributed by atoms with Gasteiger partial charge in [-0.3, -0.25) is 4.79 Å². The van der Waals surface area contributed by atoms with E-state index < -0.39 is 11.7 Å². The molecule has 0 radical (unpaired) electrons. The average molecular weight is 451 g/mol. The predicted octanol–water partition coefficient (Wildman–Crippen LogP) is 3.04. The van der Waals surface area contributed by atoms with E-state index in [1.165, 1.54) is 12.1 Å². The van der Waals surface area contributed by atoms with Crippen LogP contribution in [0, 0.1) is 0 Å². The summed E-state index contributed by atoms with van der Waals surface area (Å²) in [5.74, 6) is -0.119. The lowest BCUT2D eigenvalue weighted by atomic mass is 9.99. The zero-order valence-corrected chi connectivity index (χ0v) is 18.1. The van der Waals surface area contributed by atoms with Gasteiger partial charge in [-0.05, 0) is 37.8 Å². The van der Waals surface area contributed by atoms with Crippen LogP contribution in [-0.2, 0) is 17.3 Å². The van der Waals surface area contributed by atoms with Gasteiger partial charge in [0.1, 0.15) is 0 Å². The van der Waals surface area contributed by atoms with E-state index in [2.05, 4.69) is 22.1 Å². The van der Waals surface area contributed by atoms with Gasteiger partial charge < -0.3 is 14.5 Å². The Kier molecular flexibility index (Phi) is 6.80. The number of aromatic nitrogens is 3. The number of carbonyl (C=O) groups is 1. The molecule has 174 valence electrons. The van der Waals surface area contributed by atoms with Gasteiger partial charge in [-0.2, -0.15) is 13.2 Å². The molecule has 4 rings (SSSR count). The molecule has 0 saturated carbocycles. The number of alkyl halides is 3. The summed E-state index contributed by atoms with van der Waals surface area (Å²) in [7, 11) is 0. The van der Waals surface area contributed by atoms with Crippen LogP contribution in [0.3, 0.4) is 0 Å². The molecule has 2 fully saturated rings. The Hall–Kier alpha value is -2.46. The first-order chi connectivity index (χ1) is 15.3. The van der Waals surface area contributed by atoms with Gasteiger partial charge in [0.15, 0.2) is 5.69 Å². The van der Waals surface area contributed by atoms with Crippen LogP contribution < -0.4 is 0 Å². The van der Waals surface area contributed by atoms with E-state index in [4.69, 9.17) is 4.74 Å². The van der Waals surface area contributed by atoms with Crippen molar-refractivity contribution in [3.63, 3.8) is 0 Å². The Labute approximate surface area is 185 Å². The monoisotopic (exact) mass is 451 g/mol. The summed E-state index contributed by atoms with van der Waals surface area (Å²) < 4.78 is 46.0. The number of rotatable bonds is 5. The zero-order chi connectivity index (χ0) is 22.7. The van der Waals surface area contributed by atoms with Crippen LogP contribution in [0.25, 0.3) is 0 Å². The molecule has 0 aliphatic carbocycles. The summed E-state index contributed by atoms with van der Waals surface area (Å²) in [5, 5.41) is 8.27. The molecule has 2 aliphatic rings. The molecule has 2 aromatic rings. The lowest BCUT2D eigenvalue weighted by molar-refractivity contribution is -0.137. The van der Waals surface area contributed by atoms with Crippen molar-refractivity contribution in [3.8, 4) is 0 Å². The van der Waals surface area contributed by atoms with E-state index in [9.17, 15) is 18.0 Å². The van der Waals surface area contributed by atoms with Gasteiger partial charge in [0.05, 0.1) is 31.0 Å². The Balaban J connectivity index is 1.30. The first-order valence-corrected chi connectivity index (χ1v) is 11.0. The van der Waals surface area contributed by atoms with E-state index >= 15 is 0 Å². The highest BCUT2D eigenvalue weighted by atomic mass is 19.4. The first-order valence-electron chi connectivity index (χ1n) is 11.0. The maximum Gasteiger partial charge on any atom is 0.416 e. The van der Waals surface area contributed by atoms with Crippen LogP contribution in [0.1, 0.15) is 47.4 Å². The quantitative estimate of drug-likeness (QED) is 0.699. The number of carbonyl (C=O) groups excluding carboxylic acids is 1. The molecule has 3 heterocycles. The molecule has 1 unspecified atom stereocenters. The van der Waals surface area contributed by atoms with E-state index in [1.807, 2.05) is 0 Å². The minimum Gasteiger partial charge on any atom is -0.378 e. The van der Waals surface area contributed by atoms with Crippen molar-refractivity contribution in [1.82, 2.24) is 24.8 Å². The van der Waals surface area contributed by atoms with Gasteiger partial charge >= 0.3 is 6.18 Å². The Morgan fingerprint density at radius 3 is 2.59 bits per heavy atom. The highest BCUT2D eigenvalue weighted by molar-refractivity contribution is 5.92. The number of ether oxygens (including phenoxy) is 1. The van der Waals surface area contributed by atoms with E-state index in [0.29, 0.717) is 44.0 Å². The van der Waals surface area contributed by atoms with Crippen molar-refractivity contribution in [1.29, 1.82) is 0 Å². The molecule has 1 amide bonds. The molecule has 10 heteroatoms. The number of likely N-dealkylation sites (tertiary alicyclic amines) is 1. The highest BCUT2D eigenvalue weighted by Crippen LogP contribution is 2.30. The first kappa shape index (κ1) is 22.7. The Bertz CT molecular complexity index is 918. The van der Waals surface area contributed by atoms with Crippen molar-refractivity contribution in [2.45, 2.75) is 44.4 Å². The number of morpholine rings is 1. The Morgan fingerprint density at radius 1 is 1.19 bits per heavy atom. The highest BCUT2D eigenvalue weighted by Gasteiger charge is 2.31. The summed E-state index contributed by atoms with van der Waals surface area (Å²) in [6.07, 6.45) is -0.333. The van der Waals surface area contributed by atoms with Gasteiger partial charge in [-0.15, -0.1) is 5.10 Å². The number of piperidine rings is 1. The summed E-state index contributed by atoms with van der Waals surface area (Å²) in [5.41, 5.74) is 0.443. The lowest BCUT2D eigenvalue weighted by Gasteiger charge is -2.36. The number of halogens is 3. The van der Waals surface area contributed by atoms with Crippen molar-refractivity contribution in [3.05, 3.63) is 47.3 Å². The van der Waals surface area contributed by atoms with Crippen LogP contribution in [0.5, 0.6) is 0 Å². The van der Waals surface area contributed by atoms with Crippen molar-refractivity contribution < 1.29 is 22.7 Å². The number of benzene rings is 1. The summed E-state index contributed by atoms with van der Waals surface area (Å²) in [6.45, 7) is 5.89. The molecule has 2 saturated heterocycles.